The molecule has 0 aromatic rings. The number of unbranched alkanes of at least 4 members (excludes halogenated alkanes) is 4. The van der Waals surface area contributed by atoms with Gasteiger partial charge in [0, 0.05) is 0 Å². The summed E-state index contributed by atoms with van der Waals surface area (Å²) in [5.74, 6) is -0.789. The van der Waals surface area contributed by atoms with Crippen LogP contribution in [0, 0.1) is 5.92 Å². The van der Waals surface area contributed by atoms with E-state index in [-0.39, 0.29) is 5.92 Å². The zero-order chi connectivity index (χ0) is 12.2. The second kappa shape index (κ2) is 10.7. The third-order valence-electron chi connectivity index (χ3n) is 2.91. The SMILES string of the molecule is CCCCCC=CCCCC(CC)C(=O)O. The van der Waals surface area contributed by atoms with Gasteiger partial charge in [0.25, 0.3) is 0 Å². The minimum Gasteiger partial charge on any atom is -0.481 e. The summed E-state index contributed by atoms with van der Waals surface area (Å²) in [5, 5.41) is 8.86. The van der Waals surface area contributed by atoms with Gasteiger partial charge in [-0.05, 0) is 38.5 Å². The summed E-state index contributed by atoms with van der Waals surface area (Å²) in [4.78, 5) is 10.8. The minimum atomic E-state index is -0.644. The quantitative estimate of drug-likeness (QED) is 0.442. The van der Waals surface area contributed by atoms with E-state index in [1.165, 1.54) is 25.7 Å². The van der Waals surface area contributed by atoms with Crippen molar-refractivity contribution >= 4 is 5.97 Å². The first-order chi connectivity index (χ1) is 7.72. The largest absolute Gasteiger partial charge is 0.481 e. The Morgan fingerprint density at radius 3 is 2.25 bits per heavy atom. The van der Waals surface area contributed by atoms with Crippen LogP contribution in [0.25, 0.3) is 0 Å². The van der Waals surface area contributed by atoms with Gasteiger partial charge in [-0.15, -0.1) is 0 Å². The monoisotopic (exact) mass is 226 g/mol. The fraction of sp³-hybridized carbons (Fsp3) is 0.786. The predicted octanol–water partition coefficient (Wildman–Crippen LogP) is 4.40. The van der Waals surface area contributed by atoms with E-state index in [9.17, 15) is 4.79 Å². The molecule has 0 rings (SSSR count). The molecule has 2 heteroatoms. The molecular formula is C14H26O2. The van der Waals surface area contributed by atoms with Crippen LogP contribution in [-0.4, -0.2) is 11.1 Å². The molecule has 0 aliphatic heterocycles. The molecule has 0 fully saturated rings. The zero-order valence-electron chi connectivity index (χ0n) is 10.7. The number of hydrogen-bond acceptors (Lipinski definition) is 1. The topological polar surface area (TPSA) is 37.3 Å². The molecule has 1 unspecified atom stereocenters. The van der Waals surface area contributed by atoms with Gasteiger partial charge in [-0.25, -0.2) is 0 Å². The number of rotatable bonds is 10. The van der Waals surface area contributed by atoms with E-state index in [2.05, 4.69) is 19.1 Å². The van der Waals surface area contributed by atoms with Gasteiger partial charge in [-0.1, -0.05) is 38.8 Å². The van der Waals surface area contributed by atoms with Crippen LogP contribution in [0.15, 0.2) is 12.2 Å². The summed E-state index contributed by atoms with van der Waals surface area (Å²) in [6.45, 7) is 4.15. The van der Waals surface area contributed by atoms with E-state index in [0.717, 1.165) is 25.7 Å². The standard InChI is InChI=1S/C14H26O2/c1-3-5-6-7-8-9-10-11-12-13(4-2)14(15)16/h8-9,13H,3-7,10-12H2,1-2H3,(H,15,16). The highest BCUT2D eigenvalue weighted by molar-refractivity contribution is 5.69. The molecule has 0 radical (unpaired) electrons. The van der Waals surface area contributed by atoms with E-state index in [4.69, 9.17) is 5.11 Å². The molecule has 94 valence electrons. The molecule has 0 aliphatic rings. The van der Waals surface area contributed by atoms with Gasteiger partial charge in [-0.2, -0.15) is 0 Å². The lowest BCUT2D eigenvalue weighted by Crippen LogP contribution is -2.11. The molecule has 0 aliphatic carbocycles. The second-order valence-corrected chi connectivity index (χ2v) is 4.34. The van der Waals surface area contributed by atoms with Gasteiger partial charge >= 0.3 is 5.97 Å². The average molecular weight is 226 g/mol. The molecule has 16 heavy (non-hydrogen) atoms. The summed E-state index contributed by atoms with van der Waals surface area (Å²) in [5.41, 5.74) is 0. The Morgan fingerprint density at radius 2 is 1.75 bits per heavy atom. The smallest absolute Gasteiger partial charge is 0.306 e. The Labute approximate surface area is 99.7 Å². The van der Waals surface area contributed by atoms with E-state index in [0.29, 0.717) is 0 Å². The van der Waals surface area contributed by atoms with Crippen LogP contribution >= 0.6 is 0 Å². The normalized spacial score (nSPS) is 13.1. The number of carbonyl (C=O) groups is 1. The van der Waals surface area contributed by atoms with E-state index in [1.54, 1.807) is 0 Å². The minimum absolute atomic E-state index is 0.145. The molecular weight excluding hydrogens is 200 g/mol. The molecule has 1 atom stereocenters. The molecule has 0 aromatic heterocycles. The highest BCUT2D eigenvalue weighted by Gasteiger charge is 2.13. The average Bonchev–Trinajstić information content (AvgIpc) is 2.26. The van der Waals surface area contributed by atoms with Crippen molar-refractivity contribution in [2.24, 2.45) is 5.92 Å². The highest BCUT2D eigenvalue weighted by atomic mass is 16.4. The van der Waals surface area contributed by atoms with Crippen molar-refractivity contribution < 1.29 is 9.90 Å². The first-order valence-electron chi connectivity index (χ1n) is 6.60. The summed E-state index contributed by atoms with van der Waals surface area (Å²) in [7, 11) is 0. The van der Waals surface area contributed by atoms with Gasteiger partial charge < -0.3 is 5.11 Å². The summed E-state index contributed by atoms with van der Waals surface area (Å²) < 4.78 is 0. The fourth-order valence-electron chi connectivity index (χ4n) is 1.73. The maximum atomic E-state index is 10.8. The number of aliphatic carboxylic acids is 1. The third-order valence-corrected chi connectivity index (χ3v) is 2.91. The Hall–Kier alpha value is -0.790. The Morgan fingerprint density at radius 1 is 1.12 bits per heavy atom. The fourth-order valence-corrected chi connectivity index (χ4v) is 1.73. The van der Waals surface area contributed by atoms with Gasteiger partial charge in [0.05, 0.1) is 5.92 Å². The van der Waals surface area contributed by atoms with Crippen molar-refractivity contribution in [3.63, 3.8) is 0 Å². The lowest BCUT2D eigenvalue weighted by molar-refractivity contribution is -0.142. The zero-order valence-corrected chi connectivity index (χ0v) is 10.7. The molecule has 0 amide bonds. The van der Waals surface area contributed by atoms with Crippen LogP contribution < -0.4 is 0 Å². The molecule has 0 spiro atoms. The summed E-state index contributed by atoms with van der Waals surface area (Å²) in [6.07, 6.45) is 13.0. The number of hydrogen-bond donors (Lipinski definition) is 1. The maximum Gasteiger partial charge on any atom is 0.306 e. The van der Waals surface area contributed by atoms with Gasteiger partial charge in [0.15, 0.2) is 0 Å². The van der Waals surface area contributed by atoms with Crippen LogP contribution in [0.5, 0.6) is 0 Å². The highest BCUT2D eigenvalue weighted by Crippen LogP contribution is 2.13. The second-order valence-electron chi connectivity index (χ2n) is 4.34. The first kappa shape index (κ1) is 15.2. The Bertz CT molecular complexity index is 197. The molecule has 0 saturated carbocycles. The van der Waals surface area contributed by atoms with Crippen molar-refractivity contribution in [2.75, 3.05) is 0 Å². The molecule has 2 nitrogen and oxygen atoms in total. The predicted molar refractivity (Wildman–Crippen MR) is 68.5 cm³/mol. The van der Waals surface area contributed by atoms with Crippen molar-refractivity contribution in [1.29, 1.82) is 0 Å². The Balaban J connectivity index is 3.40. The molecule has 1 N–H and O–H groups in total. The first-order valence-corrected chi connectivity index (χ1v) is 6.60. The number of carboxylic acid groups (broad SMARTS) is 1. The Kier molecular flexibility index (Phi) is 10.2. The van der Waals surface area contributed by atoms with E-state index >= 15 is 0 Å². The van der Waals surface area contributed by atoms with Crippen molar-refractivity contribution in [3.8, 4) is 0 Å². The van der Waals surface area contributed by atoms with Gasteiger partial charge in [0.1, 0.15) is 0 Å². The van der Waals surface area contributed by atoms with Crippen LogP contribution in [0.2, 0.25) is 0 Å². The molecule has 0 saturated heterocycles. The molecule has 0 aromatic carbocycles. The lowest BCUT2D eigenvalue weighted by Gasteiger charge is -2.07. The number of allylic oxidation sites excluding steroid dienone is 2. The van der Waals surface area contributed by atoms with Gasteiger partial charge in [0.2, 0.25) is 0 Å². The maximum absolute atomic E-state index is 10.8. The summed E-state index contributed by atoms with van der Waals surface area (Å²) in [6, 6.07) is 0. The van der Waals surface area contributed by atoms with Crippen molar-refractivity contribution in [1.82, 2.24) is 0 Å². The van der Waals surface area contributed by atoms with Crippen molar-refractivity contribution in [3.05, 3.63) is 12.2 Å². The van der Waals surface area contributed by atoms with Gasteiger partial charge in [-0.3, -0.25) is 4.79 Å². The lowest BCUT2D eigenvalue weighted by atomic mass is 9.99. The van der Waals surface area contributed by atoms with E-state index < -0.39 is 5.97 Å². The van der Waals surface area contributed by atoms with E-state index in [1.807, 2.05) is 6.92 Å². The molecule has 0 bridgehead atoms. The number of carboxylic acids is 1. The third kappa shape index (κ3) is 8.51. The van der Waals surface area contributed by atoms with Crippen LogP contribution in [0.3, 0.4) is 0 Å². The van der Waals surface area contributed by atoms with Crippen LogP contribution in [-0.2, 0) is 4.79 Å². The summed E-state index contributed by atoms with van der Waals surface area (Å²) >= 11 is 0. The van der Waals surface area contributed by atoms with Crippen molar-refractivity contribution in [2.45, 2.75) is 65.2 Å². The van der Waals surface area contributed by atoms with Crippen LogP contribution in [0.1, 0.15) is 65.2 Å². The van der Waals surface area contributed by atoms with Crippen LogP contribution in [0.4, 0.5) is 0 Å². The molecule has 0 heterocycles.